The molecule has 0 atom stereocenters. The van der Waals surface area contributed by atoms with Crippen LogP contribution in [-0.2, 0) is 0 Å². The molecular weight excluding hydrogens is 306 g/mol. The van der Waals surface area contributed by atoms with Crippen molar-refractivity contribution in [2.75, 3.05) is 50.1 Å². The average Bonchev–Trinajstić information content (AvgIpc) is 2.88. The van der Waals surface area contributed by atoms with Gasteiger partial charge in [0.2, 0.25) is 0 Å². The summed E-state index contributed by atoms with van der Waals surface area (Å²) in [6, 6.07) is 7.36. The second-order valence-corrected chi connectivity index (χ2v) is 5.89. The number of carbonyl (C=O) groups is 1. The lowest BCUT2D eigenvalue weighted by Crippen LogP contribution is -2.36. The molecule has 0 saturated carbocycles. The summed E-state index contributed by atoms with van der Waals surface area (Å²) in [6.07, 6.45) is 2.54. The van der Waals surface area contributed by atoms with E-state index in [2.05, 4.69) is 25.3 Å². The summed E-state index contributed by atoms with van der Waals surface area (Å²) < 4.78 is 0. The van der Waals surface area contributed by atoms with Crippen molar-refractivity contribution in [3.05, 3.63) is 36.2 Å². The zero-order valence-corrected chi connectivity index (χ0v) is 14.0. The summed E-state index contributed by atoms with van der Waals surface area (Å²) in [7, 11) is 3.78. The van der Waals surface area contributed by atoms with Gasteiger partial charge in [0.25, 0.3) is 5.91 Å². The second kappa shape index (κ2) is 7.20. The Morgan fingerprint density at radius 3 is 2.58 bits per heavy atom. The van der Waals surface area contributed by atoms with E-state index in [0.29, 0.717) is 18.8 Å². The molecule has 0 aliphatic carbocycles. The van der Waals surface area contributed by atoms with Crippen LogP contribution in [0.3, 0.4) is 0 Å². The topological polar surface area (TPSA) is 78.4 Å². The summed E-state index contributed by atoms with van der Waals surface area (Å²) in [5.41, 5.74) is 0.383. The molecule has 3 heterocycles. The summed E-state index contributed by atoms with van der Waals surface area (Å²) >= 11 is 0. The highest BCUT2D eigenvalue weighted by Gasteiger charge is 2.22. The van der Waals surface area contributed by atoms with Crippen LogP contribution in [0.4, 0.5) is 11.6 Å². The number of anilines is 2. The standard InChI is InChI=1S/C16H21N7O/c1-21(2)14-7-6-13(18-20-14)16(24)23-10-4-9-22(11-12-23)15-5-3-8-17-19-15/h3,5-8H,4,9-12H2,1-2H3. The fourth-order valence-electron chi connectivity index (χ4n) is 2.65. The fraction of sp³-hybridized carbons (Fsp3) is 0.438. The molecule has 0 radical (unpaired) electrons. The number of carbonyl (C=O) groups excluding carboxylic acids is 1. The van der Waals surface area contributed by atoms with Gasteiger partial charge in [0.15, 0.2) is 17.3 Å². The van der Waals surface area contributed by atoms with E-state index in [1.807, 2.05) is 42.1 Å². The summed E-state index contributed by atoms with van der Waals surface area (Å²) in [5, 5.41) is 16.2. The van der Waals surface area contributed by atoms with Crippen molar-refractivity contribution in [1.82, 2.24) is 25.3 Å². The molecule has 0 bridgehead atoms. The van der Waals surface area contributed by atoms with Gasteiger partial charge < -0.3 is 14.7 Å². The van der Waals surface area contributed by atoms with Crippen LogP contribution in [0, 0.1) is 0 Å². The minimum Gasteiger partial charge on any atom is -0.361 e. The van der Waals surface area contributed by atoms with Crippen LogP contribution in [0.5, 0.6) is 0 Å². The van der Waals surface area contributed by atoms with E-state index in [1.165, 1.54) is 0 Å². The van der Waals surface area contributed by atoms with Crippen LogP contribution < -0.4 is 9.80 Å². The molecule has 1 amide bonds. The molecule has 1 fully saturated rings. The predicted molar refractivity (Wildman–Crippen MR) is 91.1 cm³/mol. The van der Waals surface area contributed by atoms with Gasteiger partial charge in [-0.25, -0.2) is 0 Å². The number of rotatable bonds is 3. The Labute approximate surface area is 141 Å². The van der Waals surface area contributed by atoms with Crippen molar-refractivity contribution in [2.45, 2.75) is 6.42 Å². The van der Waals surface area contributed by atoms with Gasteiger partial charge in [0.1, 0.15) is 0 Å². The Balaban J connectivity index is 1.66. The third kappa shape index (κ3) is 3.58. The molecule has 0 unspecified atom stereocenters. The van der Waals surface area contributed by atoms with E-state index in [4.69, 9.17) is 0 Å². The van der Waals surface area contributed by atoms with Gasteiger partial charge in [0, 0.05) is 46.5 Å². The predicted octanol–water partition coefficient (Wildman–Crippen LogP) is 0.685. The Hall–Kier alpha value is -2.77. The van der Waals surface area contributed by atoms with E-state index >= 15 is 0 Å². The van der Waals surface area contributed by atoms with Crippen LogP contribution in [0.2, 0.25) is 0 Å². The molecule has 126 valence electrons. The molecule has 1 aliphatic heterocycles. The fourth-order valence-corrected chi connectivity index (χ4v) is 2.65. The number of amides is 1. The van der Waals surface area contributed by atoms with Gasteiger partial charge in [-0.3, -0.25) is 4.79 Å². The lowest BCUT2D eigenvalue weighted by atomic mass is 10.3. The van der Waals surface area contributed by atoms with Crippen LogP contribution in [0.25, 0.3) is 0 Å². The van der Waals surface area contributed by atoms with Crippen molar-refractivity contribution in [3.63, 3.8) is 0 Å². The highest BCUT2D eigenvalue weighted by Crippen LogP contribution is 2.14. The van der Waals surface area contributed by atoms with Gasteiger partial charge >= 0.3 is 0 Å². The van der Waals surface area contributed by atoms with Crippen molar-refractivity contribution in [3.8, 4) is 0 Å². The maximum atomic E-state index is 12.6. The Morgan fingerprint density at radius 1 is 1.04 bits per heavy atom. The molecule has 0 N–H and O–H groups in total. The van der Waals surface area contributed by atoms with Crippen molar-refractivity contribution in [2.24, 2.45) is 0 Å². The maximum absolute atomic E-state index is 12.6. The largest absolute Gasteiger partial charge is 0.361 e. The quantitative estimate of drug-likeness (QED) is 0.820. The number of hydrogen-bond donors (Lipinski definition) is 0. The first-order valence-corrected chi connectivity index (χ1v) is 7.98. The SMILES string of the molecule is CN(C)c1ccc(C(=O)N2CCCN(c3cccnn3)CC2)nn1. The van der Waals surface area contributed by atoms with Gasteiger partial charge in [-0.2, -0.15) is 5.10 Å². The highest BCUT2D eigenvalue weighted by molar-refractivity contribution is 5.92. The zero-order chi connectivity index (χ0) is 16.9. The molecule has 1 aliphatic rings. The first-order chi connectivity index (χ1) is 11.6. The first-order valence-electron chi connectivity index (χ1n) is 7.98. The van der Waals surface area contributed by atoms with Crippen LogP contribution in [-0.4, -0.2) is 71.5 Å². The first kappa shape index (κ1) is 16.1. The molecule has 0 spiro atoms. The minimum absolute atomic E-state index is 0.0752. The number of aromatic nitrogens is 4. The minimum atomic E-state index is -0.0752. The summed E-state index contributed by atoms with van der Waals surface area (Å²) in [6.45, 7) is 2.92. The van der Waals surface area contributed by atoms with Crippen molar-refractivity contribution in [1.29, 1.82) is 0 Å². The highest BCUT2D eigenvalue weighted by atomic mass is 16.2. The van der Waals surface area contributed by atoms with Crippen LogP contribution in [0.15, 0.2) is 30.5 Å². The molecule has 3 rings (SSSR count). The van der Waals surface area contributed by atoms with Gasteiger partial charge in [0.05, 0.1) is 0 Å². The van der Waals surface area contributed by atoms with E-state index in [-0.39, 0.29) is 5.91 Å². The van der Waals surface area contributed by atoms with Crippen molar-refractivity contribution < 1.29 is 4.79 Å². The van der Waals surface area contributed by atoms with E-state index in [9.17, 15) is 4.79 Å². The Morgan fingerprint density at radius 2 is 1.92 bits per heavy atom. The van der Waals surface area contributed by atoms with Crippen LogP contribution >= 0.6 is 0 Å². The normalized spacial score (nSPS) is 15.1. The van der Waals surface area contributed by atoms with E-state index in [1.54, 1.807) is 12.3 Å². The molecule has 2 aromatic heterocycles. The maximum Gasteiger partial charge on any atom is 0.274 e. The smallest absolute Gasteiger partial charge is 0.274 e. The average molecular weight is 327 g/mol. The van der Waals surface area contributed by atoms with Crippen molar-refractivity contribution >= 4 is 17.5 Å². The molecule has 0 aromatic carbocycles. The summed E-state index contributed by atoms with van der Waals surface area (Å²) in [4.78, 5) is 18.5. The second-order valence-electron chi connectivity index (χ2n) is 5.89. The number of hydrogen-bond acceptors (Lipinski definition) is 7. The third-order valence-electron chi connectivity index (χ3n) is 3.99. The third-order valence-corrected chi connectivity index (χ3v) is 3.99. The Bertz CT molecular complexity index is 675. The Kier molecular flexibility index (Phi) is 4.83. The molecule has 2 aromatic rings. The van der Waals surface area contributed by atoms with E-state index in [0.717, 1.165) is 31.1 Å². The van der Waals surface area contributed by atoms with Crippen LogP contribution in [0.1, 0.15) is 16.9 Å². The molecular formula is C16H21N7O. The molecule has 24 heavy (non-hydrogen) atoms. The van der Waals surface area contributed by atoms with Gasteiger partial charge in [-0.05, 0) is 30.7 Å². The lowest BCUT2D eigenvalue weighted by molar-refractivity contribution is 0.0760. The molecule has 8 heteroatoms. The molecule has 1 saturated heterocycles. The van der Waals surface area contributed by atoms with Gasteiger partial charge in [-0.15, -0.1) is 15.3 Å². The monoisotopic (exact) mass is 327 g/mol. The lowest BCUT2D eigenvalue weighted by Gasteiger charge is -2.22. The van der Waals surface area contributed by atoms with Gasteiger partial charge in [-0.1, -0.05) is 0 Å². The van der Waals surface area contributed by atoms with E-state index < -0.39 is 0 Å². The summed E-state index contributed by atoms with van der Waals surface area (Å²) in [5.74, 6) is 1.51. The molecule has 8 nitrogen and oxygen atoms in total. The number of nitrogens with zero attached hydrogens (tertiary/aromatic N) is 7. The zero-order valence-electron chi connectivity index (χ0n) is 14.0.